The van der Waals surface area contributed by atoms with Crippen LogP contribution in [0.4, 0.5) is 10.1 Å². The molecule has 0 heterocycles. The van der Waals surface area contributed by atoms with Gasteiger partial charge < -0.3 is 9.64 Å². The molecule has 0 atom stereocenters. The second-order valence-electron chi connectivity index (χ2n) is 5.78. The Kier molecular flexibility index (Phi) is 5.37. The Bertz CT molecular complexity index is 692. The fourth-order valence-electron chi connectivity index (χ4n) is 2.62. The zero-order valence-corrected chi connectivity index (χ0v) is 14.0. The molecule has 0 spiro atoms. The molecule has 0 amide bonds. The van der Waals surface area contributed by atoms with Crippen molar-refractivity contribution in [1.82, 2.24) is 0 Å². The number of rotatable bonds is 6. The van der Waals surface area contributed by atoms with E-state index in [2.05, 4.69) is 6.07 Å². The second-order valence-corrected chi connectivity index (χ2v) is 5.78. The van der Waals surface area contributed by atoms with E-state index in [1.807, 2.05) is 37.9 Å². The summed E-state index contributed by atoms with van der Waals surface area (Å²) in [7, 11) is 1.83. The maximum absolute atomic E-state index is 13.9. The van der Waals surface area contributed by atoms with E-state index in [-0.39, 0.29) is 11.3 Å². The number of ether oxygens (including phenoxy) is 1. The molecule has 23 heavy (non-hydrogen) atoms. The third-order valence-corrected chi connectivity index (χ3v) is 3.65. The number of aryl methyl sites for hydroxylation is 2. The molecule has 2 rings (SSSR count). The molecule has 0 saturated carbocycles. The van der Waals surface area contributed by atoms with E-state index in [0.717, 1.165) is 16.9 Å². The lowest BCUT2D eigenvalue weighted by atomic mass is 10.1. The van der Waals surface area contributed by atoms with Gasteiger partial charge in [-0.05, 0) is 56.2 Å². The lowest BCUT2D eigenvalue weighted by Crippen LogP contribution is -2.25. The number of carbonyl (C=O) groups excluding carboxylic acids is 1. The second kappa shape index (κ2) is 7.27. The summed E-state index contributed by atoms with van der Waals surface area (Å²) < 4.78 is 19.6. The summed E-state index contributed by atoms with van der Waals surface area (Å²) in [6.07, 6.45) is 0. The van der Waals surface area contributed by atoms with Crippen molar-refractivity contribution in [3.63, 3.8) is 0 Å². The Morgan fingerprint density at radius 3 is 2.43 bits per heavy atom. The molecule has 0 saturated heterocycles. The Balaban J connectivity index is 2.04. The largest absolute Gasteiger partial charge is 0.492 e. The quantitative estimate of drug-likeness (QED) is 0.750. The average molecular weight is 315 g/mol. The number of hydrogen-bond acceptors (Lipinski definition) is 3. The van der Waals surface area contributed by atoms with E-state index >= 15 is 0 Å². The summed E-state index contributed by atoms with van der Waals surface area (Å²) in [6.45, 7) is 6.43. The summed E-state index contributed by atoms with van der Waals surface area (Å²) in [5.41, 5.74) is 3.01. The van der Waals surface area contributed by atoms with Gasteiger partial charge in [0, 0.05) is 7.05 Å². The van der Waals surface area contributed by atoms with Crippen LogP contribution in [-0.2, 0) is 0 Å². The molecule has 0 N–H and O–H groups in total. The highest BCUT2D eigenvalue weighted by Gasteiger charge is 2.15. The van der Waals surface area contributed by atoms with Gasteiger partial charge in [-0.25, -0.2) is 4.39 Å². The molecule has 3 nitrogen and oxygen atoms in total. The van der Waals surface area contributed by atoms with Crippen molar-refractivity contribution in [3.8, 4) is 5.75 Å². The number of hydrogen-bond donors (Lipinski definition) is 0. The number of ketones is 1. The first-order valence-electron chi connectivity index (χ1n) is 7.60. The zero-order valence-electron chi connectivity index (χ0n) is 14.0. The molecule has 0 aromatic heterocycles. The fourth-order valence-corrected chi connectivity index (χ4v) is 2.62. The predicted octanol–water partition coefficient (Wildman–Crippen LogP) is 4.16. The first-order chi connectivity index (χ1) is 10.9. The molecular weight excluding hydrogens is 293 g/mol. The summed E-state index contributed by atoms with van der Waals surface area (Å²) >= 11 is 0. The van der Waals surface area contributed by atoms with Crippen molar-refractivity contribution in [1.29, 1.82) is 0 Å². The van der Waals surface area contributed by atoms with Crippen molar-refractivity contribution in [3.05, 3.63) is 58.9 Å². The molecule has 122 valence electrons. The number of benzene rings is 2. The van der Waals surface area contributed by atoms with Crippen LogP contribution in [0.3, 0.4) is 0 Å². The molecule has 0 fully saturated rings. The normalized spacial score (nSPS) is 10.5. The van der Waals surface area contributed by atoms with Gasteiger partial charge in [-0.1, -0.05) is 12.1 Å². The molecule has 0 aliphatic heterocycles. The van der Waals surface area contributed by atoms with Crippen LogP contribution in [0.25, 0.3) is 0 Å². The van der Waals surface area contributed by atoms with Crippen LogP contribution >= 0.6 is 0 Å². The van der Waals surface area contributed by atoms with Gasteiger partial charge >= 0.3 is 0 Å². The Labute approximate surface area is 136 Å². The Morgan fingerprint density at radius 2 is 1.83 bits per heavy atom. The van der Waals surface area contributed by atoms with Crippen molar-refractivity contribution >= 4 is 11.5 Å². The van der Waals surface area contributed by atoms with Gasteiger partial charge in [-0.15, -0.1) is 0 Å². The van der Waals surface area contributed by atoms with Crippen molar-refractivity contribution in [2.24, 2.45) is 0 Å². The molecule has 0 bridgehead atoms. The van der Waals surface area contributed by atoms with Crippen LogP contribution in [0.5, 0.6) is 5.75 Å². The van der Waals surface area contributed by atoms with Crippen LogP contribution in [0.15, 0.2) is 36.4 Å². The highest BCUT2D eigenvalue weighted by Crippen LogP contribution is 2.23. The van der Waals surface area contributed by atoms with E-state index in [0.29, 0.717) is 18.8 Å². The van der Waals surface area contributed by atoms with E-state index < -0.39 is 5.82 Å². The predicted molar refractivity (Wildman–Crippen MR) is 91.1 cm³/mol. The standard InChI is InChI=1S/C19H22FNO2/c1-13-10-14(2)12-16(11-13)23-9-8-21(4)18-7-5-6-17(20)19(18)15(3)22/h5-7,10-12H,8-9H2,1-4H3. The Morgan fingerprint density at radius 1 is 1.17 bits per heavy atom. The fraction of sp³-hybridized carbons (Fsp3) is 0.316. The Hall–Kier alpha value is -2.36. The number of nitrogens with zero attached hydrogens (tertiary/aromatic N) is 1. The zero-order chi connectivity index (χ0) is 17.0. The number of halogens is 1. The monoisotopic (exact) mass is 315 g/mol. The highest BCUT2D eigenvalue weighted by molar-refractivity contribution is 6.00. The van der Waals surface area contributed by atoms with Crippen molar-refractivity contribution < 1.29 is 13.9 Å². The minimum atomic E-state index is -0.489. The molecule has 2 aromatic rings. The minimum absolute atomic E-state index is 0.126. The third-order valence-electron chi connectivity index (χ3n) is 3.65. The van der Waals surface area contributed by atoms with Gasteiger partial charge in [0.15, 0.2) is 5.78 Å². The summed E-state index contributed by atoms with van der Waals surface area (Å²) in [5, 5.41) is 0. The molecule has 0 aliphatic carbocycles. The van der Waals surface area contributed by atoms with Gasteiger partial charge in [-0.2, -0.15) is 0 Å². The van der Waals surface area contributed by atoms with Gasteiger partial charge in [0.1, 0.15) is 18.2 Å². The van der Waals surface area contributed by atoms with Crippen LogP contribution in [0, 0.1) is 19.7 Å². The molecule has 2 aromatic carbocycles. The van der Waals surface area contributed by atoms with Crippen LogP contribution in [-0.4, -0.2) is 26.0 Å². The average Bonchev–Trinajstić information content (AvgIpc) is 2.45. The smallest absolute Gasteiger partial charge is 0.164 e. The summed E-state index contributed by atoms with van der Waals surface area (Å²) in [4.78, 5) is 13.5. The first-order valence-corrected chi connectivity index (χ1v) is 7.60. The summed E-state index contributed by atoms with van der Waals surface area (Å²) in [5.74, 6) is 0.0548. The highest BCUT2D eigenvalue weighted by atomic mass is 19.1. The first kappa shape index (κ1) is 17.0. The van der Waals surface area contributed by atoms with Gasteiger partial charge in [0.05, 0.1) is 17.8 Å². The van der Waals surface area contributed by atoms with Crippen LogP contribution in [0.1, 0.15) is 28.4 Å². The lowest BCUT2D eigenvalue weighted by molar-refractivity contribution is 0.101. The molecule has 0 aliphatic rings. The van der Waals surface area contributed by atoms with E-state index in [1.54, 1.807) is 12.1 Å². The molecule has 0 radical (unpaired) electrons. The van der Waals surface area contributed by atoms with Crippen molar-refractivity contribution in [2.45, 2.75) is 20.8 Å². The minimum Gasteiger partial charge on any atom is -0.492 e. The van der Waals surface area contributed by atoms with Gasteiger partial charge in [-0.3, -0.25) is 4.79 Å². The third kappa shape index (κ3) is 4.31. The molecule has 0 unspecified atom stereocenters. The maximum atomic E-state index is 13.9. The van der Waals surface area contributed by atoms with Crippen LogP contribution < -0.4 is 9.64 Å². The maximum Gasteiger partial charge on any atom is 0.164 e. The summed E-state index contributed by atoms with van der Waals surface area (Å²) in [6, 6.07) is 10.7. The number of anilines is 1. The topological polar surface area (TPSA) is 29.5 Å². The number of Topliss-reactive ketones (excluding diaryl/α,β-unsaturated/α-hetero) is 1. The van der Waals surface area contributed by atoms with Crippen molar-refractivity contribution in [2.75, 3.05) is 25.1 Å². The van der Waals surface area contributed by atoms with Gasteiger partial charge in [0.2, 0.25) is 0 Å². The number of carbonyl (C=O) groups is 1. The van der Waals surface area contributed by atoms with E-state index in [9.17, 15) is 9.18 Å². The molecular formula is C19H22FNO2. The van der Waals surface area contributed by atoms with Crippen LogP contribution in [0.2, 0.25) is 0 Å². The number of likely N-dealkylation sites (N-methyl/N-ethyl adjacent to an activating group) is 1. The lowest BCUT2D eigenvalue weighted by Gasteiger charge is -2.22. The van der Waals surface area contributed by atoms with E-state index in [1.165, 1.54) is 13.0 Å². The van der Waals surface area contributed by atoms with E-state index in [4.69, 9.17) is 4.74 Å². The molecule has 4 heteroatoms. The SMILES string of the molecule is CC(=O)c1c(F)cccc1N(C)CCOc1cc(C)cc(C)c1. The van der Waals surface area contributed by atoms with Gasteiger partial charge in [0.25, 0.3) is 0 Å².